The summed E-state index contributed by atoms with van der Waals surface area (Å²) in [6.07, 6.45) is 3.58. The standard InChI is InChI=1S/C10H19N5O/c1-3-5-6-14(4-2)9(16)7-15-8-12-10(11)13-15/h8H,3-7H2,1-2H3,(H2,11,13). The first kappa shape index (κ1) is 12.5. The molecule has 0 aliphatic rings. The predicted molar refractivity (Wildman–Crippen MR) is 61.6 cm³/mol. The molecule has 0 aliphatic heterocycles. The molecule has 2 N–H and O–H groups in total. The Hall–Kier alpha value is -1.59. The van der Waals surface area contributed by atoms with Crippen LogP contribution < -0.4 is 5.73 Å². The summed E-state index contributed by atoms with van der Waals surface area (Å²) in [7, 11) is 0. The fourth-order valence-electron chi connectivity index (χ4n) is 1.43. The zero-order valence-electron chi connectivity index (χ0n) is 9.89. The lowest BCUT2D eigenvalue weighted by molar-refractivity contribution is -0.131. The van der Waals surface area contributed by atoms with E-state index in [4.69, 9.17) is 5.73 Å². The number of carbonyl (C=O) groups excluding carboxylic acids is 1. The molecule has 16 heavy (non-hydrogen) atoms. The minimum absolute atomic E-state index is 0.0563. The average molecular weight is 225 g/mol. The van der Waals surface area contributed by atoms with Gasteiger partial charge in [-0.15, -0.1) is 5.10 Å². The van der Waals surface area contributed by atoms with Crippen LogP contribution in [-0.2, 0) is 11.3 Å². The molecule has 1 aromatic rings. The molecule has 0 bridgehead atoms. The largest absolute Gasteiger partial charge is 0.367 e. The van der Waals surface area contributed by atoms with Gasteiger partial charge in [0.2, 0.25) is 11.9 Å². The van der Waals surface area contributed by atoms with Crippen LogP contribution in [0.2, 0.25) is 0 Å². The molecule has 0 spiro atoms. The number of likely N-dealkylation sites (N-methyl/N-ethyl adjacent to an activating group) is 1. The minimum Gasteiger partial charge on any atom is -0.367 e. The number of nitrogen functional groups attached to an aromatic ring is 1. The third-order valence-electron chi connectivity index (χ3n) is 2.37. The first-order chi connectivity index (χ1) is 7.67. The molecular weight excluding hydrogens is 206 g/mol. The van der Waals surface area contributed by atoms with Crippen LogP contribution in [-0.4, -0.2) is 38.7 Å². The third-order valence-corrected chi connectivity index (χ3v) is 2.37. The number of nitrogens with two attached hydrogens (primary N) is 1. The van der Waals surface area contributed by atoms with Crippen molar-refractivity contribution >= 4 is 11.9 Å². The molecule has 6 heteroatoms. The average Bonchev–Trinajstić information content (AvgIpc) is 2.65. The van der Waals surface area contributed by atoms with Gasteiger partial charge in [0.1, 0.15) is 12.9 Å². The summed E-state index contributed by atoms with van der Waals surface area (Å²) in [5, 5.41) is 3.88. The first-order valence-electron chi connectivity index (χ1n) is 5.60. The topological polar surface area (TPSA) is 77.0 Å². The lowest BCUT2D eigenvalue weighted by Crippen LogP contribution is -2.34. The lowest BCUT2D eigenvalue weighted by atomic mass is 10.3. The molecule has 0 aromatic carbocycles. The van der Waals surface area contributed by atoms with E-state index in [0.29, 0.717) is 0 Å². The minimum atomic E-state index is 0.0563. The Balaban J connectivity index is 2.49. The van der Waals surface area contributed by atoms with E-state index in [1.54, 1.807) is 0 Å². The first-order valence-corrected chi connectivity index (χ1v) is 5.60. The summed E-state index contributed by atoms with van der Waals surface area (Å²) in [6, 6.07) is 0. The highest BCUT2D eigenvalue weighted by Gasteiger charge is 2.12. The van der Waals surface area contributed by atoms with E-state index in [1.165, 1.54) is 11.0 Å². The summed E-state index contributed by atoms with van der Waals surface area (Å²) in [4.78, 5) is 17.5. The second kappa shape index (κ2) is 6.09. The molecule has 1 heterocycles. The maximum atomic E-state index is 11.9. The van der Waals surface area contributed by atoms with Crippen molar-refractivity contribution in [2.45, 2.75) is 33.2 Å². The molecule has 1 amide bonds. The monoisotopic (exact) mass is 225 g/mol. The fraction of sp³-hybridized carbons (Fsp3) is 0.700. The van der Waals surface area contributed by atoms with Gasteiger partial charge in [-0.05, 0) is 13.3 Å². The van der Waals surface area contributed by atoms with E-state index in [-0.39, 0.29) is 18.4 Å². The molecule has 0 saturated carbocycles. The van der Waals surface area contributed by atoms with Crippen molar-refractivity contribution in [1.82, 2.24) is 19.7 Å². The third kappa shape index (κ3) is 3.52. The number of nitrogens with zero attached hydrogens (tertiary/aromatic N) is 4. The van der Waals surface area contributed by atoms with Crippen LogP contribution in [0.15, 0.2) is 6.33 Å². The highest BCUT2D eigenvalue weighted by Crippen LogP contribution is 1.98. The summed E-state index contributed by atoms with van der Waals surface area (Å²) in [6.45, 7) is 5.82. The van der Waals surface area contributed by atoms with Crippen molar-refractivity contribution in [3.05, 3.63) is 6.33 Å². The van der Waals surface area contributed by atoms with Gasteiger partial charge >= 0.3 is 0 Å². The number of aromatic nitrogens is 3. The molecule has 0 fully saturated rings. The maximum Gasteiger partial charge on any atom is 0.244 e. The quantitative estimate of drug-likeness (QED) is 0.765. The molecule has 1 aromatic heterocycles. The van der Waals surface area contributed by atoms with E-state index in [0.717, 1.165) is 25.9 Å². The Kier molecular flexibility index (Phi) is 4.75. The van der Waals surface area contributed by atoms with E-state index in [2.05, 4.69) is 17.0 Å². The van der Waals surface area contributed by atoms with Crippen molar-refractivity contribution in [2.75, 3.05) is 18.8 Å². The molecule has 90 valence electrons. The van der Waals surface area contributed by atoms with Gasteiger partial charge in [-0.2, -0.15) is 0 Å². The number of hydrogen-bond acceptors (Lipinski definition) is 4. The molecule has 0 saturated heterocycles. The van der Waals surface area contributed by atoms with Crippen molar-refractivity contribution in [2.24, 2.45) is 0 Å². The number of hydrogen-bond donors (Lipinski definition) is 1. The van der Waals surface area contributed by atoms with Crippen molar-refractivity contribution < 1.29 is 4.79 Å². The summed E-state index contributed by atoms with van der Waals surface area (Å²) >= 11 is 0. The SMILES string of the molecule is CCCCN(CC)C(=O)Cn1cnc(N)n1. The van der Waals surface area contributed by atoms with Gasteiger partial charge < -0.3 is 10.6 Å². The predicted octanol–water partition coefficient (Wildman–Crippen LogP) is 0.509. The summed E-state index contributed by atoms with van der Waals surface area (Å²) < 4.78 is 1.46. The summed E-state index contributed by atoms with van der Waals surface area (Å²) in [5.41, 5.74) is 5.38. The molecule has 0 aliphatic carbocycles. The number of carbonyl (C=O) groups is 1. The Morgan fingerprint density at radius 1 is 1.56 bits per heavy atom. The van der Waals surface area contributed by atoms with E-state index in [1.807, 2.05) is 11.8 Å². The van der Waals surface area contributed by atoms with Crippen molar-refractivity contribution in [1.29, 1.82) is 0 Å². The van der Waals surface area contributed by atoms with E-state index < -0.39 is 0 Å². The molecule has 0 atom stereocenters. The van der Waals surface area contributed by atoms with Crippen molar-refractivity contribution in [3.63, 3.8) is 0 Å². The smallest absolute Gasteiger partial charge is 0.244 e. The molecule has 6 nitrogen and oxygen atoms in total. The number of rotatable bonds is 6. The molecule has 0 radical (unpaired) electrons. The number of amides is 1. The number of anilines is 1. The second-order valence-electron chi connectivity index (χ2n) is 3.63. The van der Waals surface area contributed by atoms with Crippen LogP contribution in [0.3, 0.4) is 0 Å². The van der Waals surface area contributed by atoms with Crippen LogP contribution in [0.1, 0.15) is 26.7 Å². The van der Waals surface area contributed by atoms with Crippen LogP contribution in [0.4, 0.5) is 5.95 Å². The zero-order chi connectivity index (χ0) is 12.0. The zero-order valence-corrected chi connectivity index (χ0v) is 9.89. The Labute approximate surface area is 95.4 Å². The van der Waals surface area contributed by atoms with Gasteiger partial charge in [-0.1, -0.05) is 13.3 Å². The Morgan fingerprint density at radius 3 is 2.81 bits per heavy atom. The molecular formula is C10H19N5O. The Morgan fingerprint density at radius 2 is 2.31 bits per heavy atom. The van der Waals surface area contributed by atoms with Crippen LogP contribution in [0.25, 0.3) is 0 Å². The van der Waals surface area contributed by atoms with E-state index >= 15 is 0 Å². The fourth-order valence-corrected chi connectivity index (χ4v) is 1.43. The highest BCUT2D eigenvalue weighted by atomic mass is 16.2. The van der Waals surface area contributed by atoms with Gasteiger partial charge in [0, 0.05) is 13.1 Å². The normalized spacial score (nSPS) is 10.4. The Bertz CT molecular complexity index is 336. The molecule has 1 rings (SSSR count). The second-order valence-corrected chi connectivity index (χ2v) is 3.63. The highest BCUT2D eigenvalue weighted by molar-refractivity contribution is 5.75. The van der Waals surface area contributed by atoms with Crippen LogP contribution in [0, 0.1) is 0 Å². The van der Waals surface area contributed by atoms with Gasteiger partial charge in [0.15, 0.2) is 0 Å². The summed E-state index contributed by atoms with van der Waals surface area (Å²) in [5.74, 6) is 0.255. The van der Waals surface area contributed by atoms with Gasteiger partial charge in [-0.25, -0.2) is 9.67 Å². The van der Waals surface area contributed by atoms with Gasteiger partial charge in [0.05, 0.1) is 0 Å². The van der Waals surface area contributed by atoms with Crippen LogP contribution >= 0.6 is 0 Å². The van der Waals surface area contributed by atoms with E-state index in [9.17, 15) is 4.79 Å². The molecule has 0 unspecified atom stereocenters. The van der Waals surface area contributed by atoms with Gasteiger partial charge in [0.25, 0.3) is 0 Å². The lowest BCUT2D eigenvalue weighted by Gasteiger charge is -2.20. The van der Waals surface area contributed by atoms with Gasteiger partial charge in [-0.3, -0.25) is 4.79 Å². The maximum absolute atomic E-state index is 11.9. The van der Waals surface area contributed by atoms with Crippen LogP contribution in [0.5, 0.6) is 0 Å². The number of unbranched alkanes of at least 4 members (excludes halogenated alkanes) is 1. The van der Waals surface area contributed by atoms with Crippen molar-refractivity contribution in [3.8, 4) is 0 Å².